The van der Waals surface area contributed by atoms with E-state index < -0.39 is 126 Å². The Morgan fingerprint density at radius 2 is 1.46 bits per heavy atom. The number of carbonyl (C=O) groups excluding carboxylic acids is 3. The third-order valence-corrected chi connectivity index (χ3v) is 12.2. The number of ketones is 2. The van der Waals surface area contributed by atoms with Crippen LogP contribution in [0.5, 0.6) is 23.0 Å². The molecule has 0 saturated carbocycles. The molecule has 20 heteroatoms. The van der Waals surface area contributed by atoms with Crippen LogP contribution in [0.2, 0.25) is 0 Å². The highest BCUT2D eigenvalue weighted by atomic mass is 16.7. The number of amides is 1. The Morgan fingerprint density at radius 1 is 0.825 bits per heavy atom. The zero-order valence-electron chi connectivity index (χ0n) is 35.5. The molecule has 20 nitrogen and oxygen atoms in total. The molecular formula is C43H50N2O18. The molecule has 0 radical (unpaired) electrons. The van der Waals surface area contributed by atoms with E-state index in [1.54, 1.807) is 25.9 Å². The molecule has 12 atom stereocenters. The zero-order valence-corrected chi connectivity index (χ0v) is 35.5. The van der Waals surface area contributed by atoms with E-state index in [1.807, 2.05) is 0 Å². The average Bonchev–Trinajstić information content (AvgIpc) is 3.22. The van der Waals surface area contributed by atoms with Gasteiger partial charge in [-0.1, -0.05) is 6.07 Å². The van der Waals surface area contributed by atoms with E-state index in [0.29, 0.717) is 0 Å². The second kappa shape index (κ2) is 17.0. The minimum atomic E-state index is -1.84. The van der Waals surface area contributed by atoms with E-state index in [0.717, 1.165) is 6.07 Å². The summed E-state index contributed by atoms with van der Waals surface area (Å²) in [5, 5.41) is 90.9. The van der Waals surface area contributed by atoms with E-state index in [-0.39, 0.29) is 61.6 Å². The lowest BCUT2D eigenvalue weighted by Gasteiger charge is -2.49. The number of carboxylic acids is 1. The number of carbonyl (C=O) groups is 4. The third-order valence-electron chi connectivity index (χ3n) is 12.2. The van der Waals surface area contributed by atoms with Crippen molar-refractivity contribution in [3.8, 4) is 34.1 Å². The van der Waals surface area contributed by atoms with Crippen molar-refractivity contribution in [3.05, 3.63) is 68.3 Å². The van der Waals surface area contributed by atoms with E-state index >= 15 is 0 Å². The number of hydrogen-bond donors (Lipinski definition) is 9. The summed E-state index contributed by atoms with van der Waals surface area (Å²) in [6.45, 7) is 5.47. The predicted molar refractivity (Wildman–Crippen MR) is 215 cm³/mol. The fourth-order valence-electron chi connectivity index (χ4n) is 9.00. The van der Waals surface area contributed by atoms with Crippen molar-refractivity contribution in [1.82, 2.24) is 10.2 Å². The maximum absolute atomic E-state index is 14.3. The summed E-state index contributed by atoms with van der Waals surface area (Å²) in [6.07, 6.45) is -15.2. The highest BCUT2D eigenvalue weighted by molar-refractivity contribution is 6.31. The number of aliphatic hydroxyl groups is 5. The molecule has 2 saturated heterocycles. The van der Waals surface area contributed by atoms with Crippen molar-refractivity contribution in [3.63, 3.8) is 0 Å². The van der Waals surface area contributed by atoms with Crippen molar-refractivity contribution in [2.45, 2.75) is 101 Å². The first-order valence-corrected chi connectivity index (χ1v) is 20.0. The Balaban J connectivity index is 1.40. The van der Waals surface area contributed by atoms with Crippen LogP contribution in [-0.4, -0.2) is 165 Å². The van der Waals surface area contributed by atoms with Crippen LogP contribution in [0.25, 0.3) is 11.1 Å². The van der Waals surface area contributed by atoms with Crippen LogP contribution in [0.15, 0.2) is 18.2 Å². The number of aryl methyl sites for hydroxylation is 1. The number of likely N-dealkylation sites (N-methyl/N-ethyl adjacent to an activating group) is 1. The Kier molecular flexibility index (Phi) is 12.4. The van der Waals surface area contributed by atoms with Crippen LogP contribution in [0.3, 0.4) is 0 Å². The number of rotatable bonds is 10. The van der Waals surface area contributed by atoms with Gasteiger partial charge in [0, 0.05) is 27.8 Å². The number of fused-ring (bicyclic) bond motifs is 5. The monoisotopic (exact) mass is 882 g/mol. The second-order valence-electron chi connectivity index (χ2n) is 16.4. The summed E-state index contributed by atoms with van der Waals surface area (Å²) in [4.78, 5) is 55.9. The van der Waals surface area contributed by atoms with Gasteiger partial charge in [-0.05, 0) is 70.6 Å². The van der Waals surface area contributed by atoms with E-state index in [2.05, 4.69) is 5.32 Å². The quantitative estimate of drug-likeness (QED) is 0.104. The first kappa shape index (κ1) is 45.8. The van der Waals surface area contributed by atoms with Gasteiger partial charge >= 0.3 is 5.97 Å². The third kappa shape index (κ3) is 7.38. The lowest BCUT2D eigenvalue weighted by atomic mass is 9.73. The highest BCUT2D eigenvalue weighted by Crippen LogP contribution is 2.57. The standard InChI is InChI=1S/C43H50N2O18/c1-13-9-20-25(38(59-8)23(13)40(55)44-15(3)41(56)57)24-17(10-18-27(34(24)52)31(49)19-11-22(58-7)14(2)29(47)26(19)30(18)48)32(50)37(20)62-43-36(54)39(28(45(5)6)16(4)61-43)63-42-35(53)33(51)21(46)12-60-42/h9-11,15-16,21,28,32-33,35-37,39,42-43,46-47,50-54H,12H2,1-8H3,(H,44,55)(H,56,57). The molecule has 2 heterocycles. The van der Waals surface area contributed by atoms with Crippen molar-refractivity contribution in [1.29, 1.82) is 0 Å². The topological polar surface area (TPSA) is 301 Å². The number of aliphatic carboxylic acids is 1. The van der Waals surface area contributed by atoms with Gasteiger partial charge < -0.3 is 79.5 Å². The molecule has 12 unspecified atom stereocenters. The van der Waals surface area contributed by atoms with Gasteiger partial charge in [0.1, 0.15) is 71.8 Å². The van der Waals surface area contributed by atoms with Crippen molar-refractivity contribution < 1.29 is 88.5 Å². The van der Waals surface area contributed by atoms with Gasteiger partial charge in [-0.3, -0.25) is 19.2 Å². The molecule has 9 N–H and O–H groups in total. The lowest BCUT2D eigenvalue weighted by Crippen LogP contribution is -2.65. The number of hydrogen-bond acceptors (Lipinski definition) is 18. The first-order valence-electron chi connectivity index (χ1n) is 20.0. The number of phenolic OH excluding ortho intramolecular Hbond substituents is 2. The molecule has 0 spiro atoms. The van der Waals surface area contributed by atoms with E-state index in [4.69, 9.17) is 28.4 Å². The smallest absolute Gasteiger partial charge is 0.325 e. The summed E-state index contributed by atoms with van der Waals surface area (Å²) in [5.41, 5.74) is -1.94. The Hall–Kier alpha value is -5.26. The number of aliphatic hydroxyl groups excluding tert-OH is 5. The Labute approximate surface area is 360 Å². The minimum absolute atomic E-state index is 0.0335. The second-order valence-corrected chi connectivity index (χ2v) is 16.4. The Morgan fingerprint density at radius 3 is 2.06 bits per heavy atom. The number of methoxy groups -OCH3 is 2. The molecule has 3 aromatic rings. The molecule has 2 aliphatic heterocycles. The van der Waals surface area contributed by atoms with Crippen LogP contribution < -0.4 is 14.8 Å². The van der Waals surface area contributed by atoms with E-state index in [9.17, 15) is 60.0 Å². The van der Waals surface area contributed by atoms with Gasteiger partial charge in [0.15, 0.2) is 24.1 Å². The summed E-state index contributed by atoms with van der Waals surface area (Å²) in [6, 6.07) is 1.71. The predicted octanol–water partition coefficient (Wildman–Crippen LogP) is 0.342. The van der Waals surface area contributed by atoms with Gasteiger partial charge in [-0.25, -0.2) is 0 Å². The number of nitrogens with one attached hydrogen (secondary N) is 1. The molecule has 340 valence electrons. The number of nitrogens with zero attached hydrogens (tertiary/aromatic N) is 1. The molecule has 0 aromatic heterocycles. The average molecular weight is 883 g/mol. The number of ether oxygens (including phenoxy) is 6. The largest absolute Gasteiger partial charge is 0.507 e. The number of phenols is 2. The number of carboxylic acid groups (broad SMARTS) is 1. The Bertz CT molecular complexity index is 2380. The molecule has 2 fully saturated rings. The molecule has 0 bridgehead atoms. The molecule has 3 aromatic carbocycles. The fraction of sp³-hybridized carbons (Fsp3) is 0.488. The molecular weight excluding hydrogens is 832 g/mol. The first-order chi connectivity index (χ1) is 29.7. The summed E-state index contributed by atoms with van der Waals surface area (Å²) >= 11 is 0. The van der Waals surface area contributed by atoms with E-state index in [1.165, 1.54) is 47.1 Å². The van der Waals surface area contributed by atoms with Crippen LogP contribution in [0, 0.1) is 13.8 Å². The normalized spacial score (nSPS) is 29.3. The van der Waals surface area contributed by atoms with Gasteiger partial charge in [0.25, 0.3) is 5.91 Å². The fourth-order valence-corrected chi connectivity index (χ4v) is 9.00. The minimum Gasteiger partial charge on any atom is -0.507 e. The van der Waals surface area contributed by atoms with Crippen LogP contribution in [-0.2, 0) is 23.7 Å². The van der Waals surface area contributed by atoms with Crippen LogP contribution in [0.1, 0.15) is 90.5 Å². The van der Waals surface area contributed by atoms with Gasteiger partial charge in [0.05, 0.1) is 49.7 Å². The highest BCUT2D eigenvalue weighted by Gasteiger charge is 2.52. The molecule has 63 heavy (non-hydrogen) atoms. The van der Waals surface area contributed by atoms with Crippen LogP contribution in [0.4, 0.5) is 0 Å². The number of benzene rings is 3. The van der Waals surface area contributed by atoms with Crippen molar-refractivity contribution >= 4 is 23.4 Å². The van der Waals surface area contributed by atoms with Gasteiger partial charge in [0.2, 0.25) is 0 Å². The summed E-state index contributed by atoms with van der Waals surface area (Å²) in [5.74, 6) is -5.52. The zero-order chi connectivity index (χ0) is 46.3. The summed E-state index contributed by atoms with van der Waals surface area (Å²) in [7, 11) is 5.86. The molecule has 1 amide bonds. The lowest BCUT2D eigenvalue weighted by molar-refractivity contribution is -0.345. The SMILES string of the molecule is COc1cc2c(c(O)c1C)C(=O)c1cc3c(c(O)c1C2=O)-c1c(cc(C)c(C(=O)NC(C)C(=O)O)c1OC)C(OC1OC(C)C(N(C)C)C(OC2OCC(O)C(O)C2O)C1O)C3O. The summed E-state index contributed by atoms with van der Waals surface area (Å²) < 4.78 is 35.5. The van der Waals surface area contributed by atoms with Gasteiger partial charge in [-0.15, -0.1) is 0 Å². The molecule has 2 aliphatic carbocycles. The maximum Gasteiger partial charge on any atom is 0.325 e. The van der Waals surface area contributed by atoms with Gasteiger partial charge in [-0.2, -0.15) is 0 Å². The maximum atomic E-state index is 14.3. The van der Waals surface area contributed by atoms with Crippen molar-refractivity contribution in [2.24, 2.45) is 0 Å². The molecule has 4 aliphatic rings. The van der Waals surface area contributed by atoms with Crippen LogP contribution >= 0.6 is 0 Å². The van der Waals surface area contributed by atoms with Crippen molar-refractivity contribution in [2.75, 3.05) is 34.9 Å². The number of aromatic hydroxyl groups is 2. The molecule has 7 rings (SSSR count).